The highest BCUT2D eigenvalue weighted by atomic mass is 16.5. The van der Waals surface area contributed by atoms with Gasteiger partial charge in [-0.1, -0.05) is 0 Å². The van der Waals surface area contributed by atoms with E-state index in [0.717, 1.165) is 43.1 Å². The van der Waals surface area contributed by atoms with Gasteiger partial charge in [0, 0.05) is 26.0 Å². The molecule has 0 amide bonds. The number of methoxy groups -OCH3 is 2. The van der Waals surface area contributed by atoms with E-state index >= 15 is 0 Å². The first-order chi connectivity index (χ1) is 9.27. The summed E-state index contributed by atoms with van der Waals surface area (Å²) in [7, 11) is 3.33. The zero-order valence-electron chi connectivity index (χ0n) is 12.1. The average Bonchev–Trinajstić information content (AvgIpc) is 2.42. The summed E-state index contributed by atoms with van der Waals surface area (Å²) < 4.78 is 15.6. The highest BCUT2D eigenvalue weighted by Crippen LogP contribution is 2.23. The van der Waals surface area contributed by atoms with E-state index in [9.17, 15) is 0 Å². The lowest BCUT2D eigenvalue weighted by molar-refractivity contribution is 0.0691. The monoisotopic (exact) mass is 268 g/mol. The van der Waals surface area contributed by atoms with E-state index in [2.05, 4.69) is 10.3 Å². The van der Waals surface area contributed by atoms with Gasteiger partial charge in [-0.15, -0.1) is 0 Å². The molecule has 19 heavy (non-hydrogen) atoms. The molecule has 0 aromatic carbocycles. The van der Waals surface area contributed by atoms with Crippen LogP contribution in [0.3, 0.4) is 0 Å². The third-order valence-corrected chi connectivity index (χ3v) is 2.69. The largest absolute Gasteiger partial charge is 0.493 e. The Balaban J connectivity index is 2.17. The molecule has 0 saturated heterocycles. The fourth-order valence-corrected chi connectivity index (χ4v) is 1.64. The van der Waals surface area contributed by atoms with Gasteiger partial charge in [0.2, 0.25) is 0 Å². The van der Waals surface area contributed by atoms with Crippen molar-refractivity contribution < 1.29 is 14.2 Å². The summed E-state index contributed by atoms with van der Waals surface area (Å²) in [6, 6.07) is 1.99. The number of nitrogens with one attached hydrogen (secondary N) is 1. The van der Waals surface area contributed by atoms with Gasteiger partial charge < -0.3 is 19.5 Å². The molecule has 0 aliphatic carbocycles. The van der Waals surface area contributed by atoms with Gasteiger partial charge in [-0.25, -0.2) is 0 Å². The molecule has 5 heteroatoms. The van der Waals surface area contributed by atoms with Crippen LogP contribution in [-0.2, 0) is 9.47 Å². The van der Waals surface area contributed by atoms with Crippen molar-refractivity contribution in [2.75, 3.05) is 45.9 Å². The van der Waals surface area contributed by atoms with Gasteiger partial charge in [0.25, 0.3) is 0 Å². The van der Waals surface area contributed by atoms with Crippen LogP contribution >= 0.6 is 0 Å². The van der Waals surface area contributed by atoms with E-state index in [1.54, 1.807) is 20.4 Å². The van der Waals surface area contributed by atoms with Crippen LogP contribution in [0.15, 0.2) is 12.3 Å². The van der Waals surface area contributed by atoms with E-state index < -0.39 is 0 Å². The van der Waals surface area contributed by atoms with Crippen molar-refractivity contribution in [3.8, 4) is 5.75 Å². The van der Waals surface area contributed by atoms with Crippen molar-refractivity contribution in [2.45, 2.75) is 19.8 Å². The van der Waals surface area contributed by atoms with Crippen LogP contribution in [0.2, 0.25) is 0 Å². The van der Waals surface area contributed by atoms with Gasteiger partial charge in [0.1, 0.15) is 0 Å². The first-order valence-corrected chi connectivity index (χ1v) is 6.59. The quantitative estimate of drug-likeness (QED) is 0.660. The molecule has 1 heterocycles. The maximum Gasteiger partial charge on any atom is 0.160 e. The number of rotatable bonds is 10. The van der Waals surface area contributed by atoms with Gasteiger partial charge in [-0.2, -0.15) is 0 Å². The van der Waals surface area contributed by atoms with Crippen molar-refractivity contribution in [1.29, 1.82) is 0 Å². The SMILES string of the molecule is COCCOCCCCNc1cc(C)ncc1OC. The maximum atomic E-state index is 5.40. The zero-order chi connectivity index (χ0) is 13.9. The summed E-state index contributed by atoms with van der Waals surface area (Å²) in [6.45, 7) is 4.96. The number of anilines is 1. The number of aromatic nitrogens is 1. The lowest BCUT2D eigenvalue weighted by Crippen LogP contribution is -2.07. The molecule has 1 N–H and O–H groups in total. The summed E-state index contributed by atoms with van der Waals surface area (Å²) in [5.41, 5.74) is 1.97. The minimum absolute atomic E-state index is 0.658. The van der Waals surface area contributed by atoms with E-state index in [0.29, 0.717) is 13.2 Å². The third kappa shape index (κ3) is 6.40. The van der Waals surface area contributed by atoms with Gasteiger partial charge in [-0.3, -0.25) is 4.98 Å². The van der Waals surface area contributed by atoms with Crippen LogP contribution in [0, 0.1) is 6.92 Å². The molecular formula is C14H24N2O3. The molecule has 1 aromatic heterocycles. The van der Waals surface area contributed by atoms with Gasteiger partial charge in [0.05, 0.1) is 32.2 Å². The van der Waals surface area contributed by atoms with Crippen LogP contribution < -0.4 is 10.1 Å². The highest BCUT2D eigenvalue weighted by molar-refractivity contribution is 5.55. The second-order valence-corrected chi connectivity index (χ2v) is 4.27. The van der Waals surface area contributed by atoms with Crippen molar-refractivity contribution in [3.63, 3.8) is 0 Å². The average molecular weight is 268 g/mol. The molecular weight excluding hydrogens is 244 g/mol. The Morgan fingerprint density at radius 3 is 2.74 bits per heavy atom. The number of nitrogens with zero attached hydrogens (tertiary/aromatic N) is 1. The van der Waals surface area contributed by atoms with Crippen molar-refractivity contribution in [1.82, 2.24) is 4.98 Å². The van der Waals surface area contributed by atoms with Gasteiger partial charge >= 0.3 is 0 Å². The predicted octanol–water partition coefficient (Wildman–Crippen LogP) is 2.25. The number of pyridine rings is 1. The predicted molar refractivity (Wildman–Crippen MR) is 75.9 cm³/mol. The first-order valence-electron chi connectivity index (χ1n) is 6.59. The number of unbranched alkanes of at least 4 members (excludes halogenated alkanes) is 1. The van der Waals surface area contributed by atoms with Crippen LogP contribution in [0.5, 0.6) is 5.75 Å². The van der Waals surface area contributed by atoms with Crippen LogP contribution in [-0.4, -0.2) is 45.6 Å². The summed E-state index contributed by atoms with van der Waals surface area (Å²) in [6.07, 6.45) is 3.83. The number of hydrogen-bond donors (Lipinski definition) is 1. The fraction of sp³-hybridized carbons (Fsp3) is 0.643. The van der Waals surface area contributed by atoms with E-state index in [4.69, 9.17) is 14.2 Å². The molecule has 0 bridgehead atoms. The maximum absolute atomic E-state index is 5.40. The van der Waals surface area contributed by atoms with Gasteiger partial charge in [-0.05, 0) is 25.8 Å². The molecule has 108 valence electrons. The first kappa shape index (κ1) is 15.7. The third-order valence-electron chi connectivity index (χ3n) is 2.69. The van der Waals surface area contributed by atoms with Crippen molar-refractivity contribution >= 4 is 5.69 Å². The summed E-state index contributed by atoms with van der Waals surface area (Å²) >= 11 is 0. The molecule has 0 fully saturated rings. The molecule has 0 unspecified atom stereocenters. The normalized spacial score (nSPS) is 10.5. The molecule has 5 nitrogen and oxygen atoms in total. The second-order valence-electron chi connectivity index (χ2n) is 4.27. The number of ether oxygens (including phenoxy) is 3. The Kier molecular flexibility index (Phi) is 7.93. The molecule has 1 aromatic rings. The highest BCUT2D eigenvalue weighted by Gasteiger charge is 2.02. The lowest BCUT2D eigenvalue weighted by Gasteiger charge is -2.11. The number of hydrogen-bond acceptors (Lipinski definition) is 5. The Morgan fingerprint density at radius 1 is 1.16 bits per heavy atom. The summed E-state index contributed by atoms with van der Waals surface area (Å²) in [4.78, 5) is 4.20. The molecule has 0 radical (unpaired) electrons. The smallest absolute Gasteiger partial charge is 0.160 e. The Hall–Kier alpha value is -1.33. The van der Waals surface area contributed by atoms with Crippen LogP contribution in [0.1, 0.15) is 18.5 Å². The topological polar surface area (TPSA) is 52.6 Å². The van der Waals surface area contributed by atoms with E-state index in [1.165, 1.54) is 0 Å². The molecule has 1 rings (SSSR count). The van der Waals surface area contributed by atoms with E-state index in [-0.39, 0.29) is 0 Å². The molecule has 0 spiro atoms. The molecule has 0 aliphatic heterocycles. The van der Waals surface area contributed by atoms with Crippen molar-refractivity contribution in [2.24, 2.45) is 0 Å². The summed E-state index contributed by atoms with van der Waals surface area (Å²) in [5.74, 6) is 0.780. The lowest BCUT2D eigenvalue weighted by atomic mass is 10.3. The Morgan fingerprint density at radius 2 is 2.00 bits per heavy atom. The molecule has 0 saturated carbocycles. The Bertz CT molecular complexity index is 359. The van der Waals surface area contributed by atoms with Crippen molar-refractivity contribution in [3.05, 3.63) is 18.0 Å². The fourth-order valence-electron chi connectivity index (χ4n) is 1.64. The minimum Gasteiger partial charge on any atom is -0.493 e. The van der Waals surface area contributed by atoms with Gasteiger partial charge in [0.15, 0.2) is 5.75 Å². The van der Waals surface area contributed by atoms with Crippen LogP contribution in [0.25, 0.3) is 0 Å². The van der Waals surface area contributed by atoms with E-state index in [1.807, 2.05) is 13.0 Å². The number of aryl methyl sites for hydroxylation is 1. The second kappa shape index (κ2) is 9.58. The Labute approximate surface area is 115 Å². The standard InChI is InChI=1S/C14H24N2O3/c1-12-10-13(14(18-3)11-16-12)15-6-4-5-7-19-9-8-17-2/h10-11H,4-9H2,1-3H3,(H,15,16). The van der Waals surface area contributed by atoms with Crippen LogP contribution in [0.4, 0.5) is 5.69 Å². The minimum atomic E-state index is 0.658. The zero-order valence-corrected chi connectivity index (χ0v) is 12.1. The molecule has 0 atom stereocenters. The molecule has 0 aliphatic rings. The summed E-state index contributed by atoms with van der Waals surface area (Å²) in [5, 5.41) is 3.36.